The fourth-order valence-corrected chi connectivity index (χ4v) is 0.256. The number of hydrazone groups is 1. The van der Waals surface area contributed by atoms with E-state index in [2.05, 4.69) is 10.5 Å². The van der Waals surface area contributed by atoms with Gasteiger partial charge in [0.1, 0.15) is 0 Å². The third kappa shape index (κ3) is 6.94. The predicted molar refractivity (Wildman–Crippen MR) is 38.4 cm³/mol. The van der Waals surface area contributed by atoms with Crippen molar-refractivity contribution >= 4 is 12.2 Å². The smallest absolute Gasteiger partial charge is 0.206 e. The van der Waals surface area contributed by atoms with E-state index in [0.717, 1.165) is 0 Å². The summed E-state index contributed by atoms with van der Waals surface area (Å²) in [4.78, 5) is 0. The molecule has 4 nitrogen and oxygen atoms in total. The molecule has 52 valence electrons. The number of nitrogens with zero attached hydrogens (tertiary/aromatic N) is 1. The van der Waals surface area contributed by atoms with Gasteiger partial charge in [-0.3, -0.25) is 5.41 Å². The molecule has 0 spiro atoms. The summed E-state index contributed by atoms with van der Waals surface area (Å²) in [6.45, 7) is 3.98. The maximum absolute atomic E-state index is 6.69. The lowest BCUT2D eigenvalue weighted by molar-refractivity contribution is 0.880. The zero-order chi connectivity index (χ0) is 7.28. The molecule has 0 aromatic heterocycles. The number of hydrogen-bond acceptors (Lipinski definition) is 2. The molecule has 0 heterocycles. The van der Waals surface area contributed by atoms with Crippen molar-refractivity contribution in [2.24, 2.45) is 16.8 Å². The van der Waals surface area contributed by atoms with Gasteiger partial charge >= 0.3 is 0 Å². The van der Waals surface area contributed by atoms with E-state index in [-0.39, 0.29) is 5.96 Å². The first-order valence-electron chi connectivity index (χ1n) is 2.76. The number of nitrogens with one attached hydrogen (secondary N) is 2. The lowest BCUT2D eigenvalue weighted by Crippen LogP contribution is -2.25. The highest BCUT2D eigenvalue weighted by molar-refractivity contribution is 5.75. The molecule has 0 aromatic carbocycles. The molecule has 4 N–H and O–H groups in total. The molecule has 0 unspecified atom stereocenters. The molecule has 0 amide bonds. The summed E-state index contributed by atoms with van der Waals surface area (Å²) in [6.07, 6.45) is 1.68. The Morgan fingerprint density at radius 2 is 2.33 bits per heavy atom. The summed E-state index contributed by atoms with van der Waals surface area (Å²) in [7, 11) is 0. The number of rotatable bonds is 2. The Bertz CT molecular complexity index is 116. The van der Waals surface area contributed by atoms with Crippen LogP contribution in [0.3, 0.4) is 0 Å². The van der Waals surface area contributed by atoms with Gasteiger partial charge in [0.25, 0.3) is 0 Å². The Morgan fingerprint density at radius 3 is 2.67 bits per heavy atom. The Balaban J connectivity index is 3.36. The Labute approximate surface area is 54.6 Å². The standard InChI is InChI=1S/C5H12N4/c1-4(2)3-8-9-5(6)7/h3-4H,1-2H3,(H4,6,7,9). The second kappa shape index (κ2) is 3.88. The van der Waals surface area contributed by atoms with Gasteiger partial charge in [-0.05, 0) is 5.92 Å². The zero-order valence-electron chi connectivity index (χ0n) is 5.68. The first-order valence-corrected chi connectivity index (χ1v) is 2.76. The van der Waals surface area contributed by atoms with Gasteiger partial charge in [-0.1, -0.05) is 13.8 Å². The average Bonchev–Trinajstić information content (AvgIpc) is 1.63. The van der Waals surface area contributed by atoms with Gasteiger partial charge in [0.05, 0.1) is 0 Å². The van der Waals surface area contributed by atoms with Crippen molar-refractivity contribution in [1.82, 2.24) is 5.43 Å². The monoisotopic (exact) mass is 128 g/mol. The Hall–Kier alpha value is -1.06. The van der Waals surface area contributed by atoms with Crippen molar-refractivity contribution in [1.29, 1.82) is 5.41 Å². The summed E-state index contributed by atoms with van der Waals surface area (Å²) in [5.41, 5.74) is 7.24. The van der Waals surface area contributed by atoms with Crippen LogP contribution in [-0.4, -0.2) is 12.2 Å². The largest absolute Gasteiger partial charge is 0.369 e. The van der Waals surface area contributed by atoms with Crippen LogP contribution in [0.4, 0.5) is 0 Å². The molecule has 0 bridgehead atoms. The van der Waals surface area contributed by atoms with Gasteiger partial charge in [0.2, 0.25) is 5.96 Å². The number of hydrogen-bond donors (Lipinski definition) is 3. The van der Waals surface area contributed by atoms with Crippen LogP contribution in [0.5, 0.6) is 0 Å². The van der Waals surface area contributed by atoms with Crippen LogP contribution in [0.25, 0.3) is 0 Å². The van der Waals surface area contributed by atoms with E-state index in [9.17, 15) is 0 Å². The zero-order valence-corrected chi connectivity index (χ0v) is 5.68. The second-order valence-corrected chi connectivity index (χ2v) is 2.05. The van der Waals surface area contributed by atoms with E-state index in [0.29, 0.717) is 5.92 Å². The quantitative estimate of drug-likeness (QED) is 0.280. The third-order valence-corrected chi connectivity index (χ3v) is 0.558. The van der Waals surface area contributed by atoms with Crippen molar-refractivity contribution in [2.75, 3.05) is 0 Å². The fraction of sp³-hybridized carbons (Fsp3) is 0.600. The molecule has 0 aliphatic heterocycles. The predicted octanol–water partition coefficient (Wildman–Crippen LogP) is 0.111. The van der Waals surface area contributed by atoms with Crippen molar-refractivity contribution in [2.45, 2.75) is 13.8 Å². The SMILES string of the molecule is CC(C)C=NNC(=N)N. The Kier molecular flexibility index (Phi) is 3.43. The first-order chi connectivity index (χ1) is 4.13. The van der Waals surface area contributed by atoms with E-state index in [1.54, 1.807) is 6.21 Å². The molecule has 0 saturated carbocycles. The third-order valence-electron chi connectivity index (χ3n) is 0.558. The van der Waals surface area contributed by atoms with Crippen molar-refractivity contribution in [3.63, 3.8) is 0 Å². The molecular weight excluding hydrogens is 116 g/mol. The normalized spacial score (nSPS) is 10.6. The lowest BCUT2D eigenvalue weighted by atomic mass is 10.3. The highest BCUT2D eigenvalue weighted by Crippen LogP contribution is 1.82. The molecule has 0 fully saturated rings. The molecular formula is C5H12N4. The van der Waals surface area contributed by atoms with E-state index >= 15 is 0 Å². The average molecular weight is 128 g/mol. The van der Waals surface area contributed by atoms with E-state index in [4.69, 9.17) is 11.1 Å². The van der Waals surface area contributed by atoms with Crippen molar-refractivity contribution in [3.8, 4) is 0 Å². The van der Waals surface area contributed by atoms with Crippen molar-refractivity contribution in [3.05, 3.63) is 0 Å². The molecule has 0 aliphatic rings. The van der Waals surface area contributed by atoms with Crippen LogP contribution < -0.4 is 11.2 Å². The molecule has 0 rings (SSSR count). The van der Waals surface area contributed by atoms with Crippen LogP contribution in [-0.2, 0) is 0 Å². The summed E-state index contributed by atoms with van der Waals surface area (Å²) < 4.78 is 0. The van der Waals surface area contributed by atoms with Crippen LogP contribution in [0.1, 0.15) is 13.8 Å². The van der Waals surface area contributed by atoms with Crippen LogP contribution in [0, 0.1) is 11.3 Å². The van der Waals surface area contributed by atoms with Gasteiger partial charge in [-0.25, -0.2) is 5.43 Å². The highest BCUT2D eigenvalue weighted by Gasteiger charge is 1.83. The van der Waals surface area contributed by atoms with E-state index < -0.39 is 0 Å². The number of guanidine groups is 1. The van der Waals surface area contributed by atoms with Gasteiger partial charge in [-0.2, -0.15) is 5.10 Å². The van der Waals surface area contributed by atoms with Crippen LogP contribution in [0.2, 0.25) is 0 Å². The molecule has 0 atom stereocenters. The van der Waals surface area contributed by atoms with Crippen molar-refractivity contribution < 1.29 is 0 Å². The molecule has 0 aliphatic carbocycles. The van der Waals surface area contributed by atoms with Crippen LogP contribution >= 0.6 is 0 Å². The minimum Gasteiger partial charge on any atom is -0.369 e. The van der Waals surface area contributed by atoms with Gasteiger partial charge < -0.3 is 5.73 Å². The van der Waals surface area contributed by atoms with Gasteiger partial charge in [0, 0.05) is 6.21 Å². The van der Waals surface area contributed by atoms with E-state index in [1.165, 1.54) is 0 Å². The molecule has 0 saturated heterocycles. The molecule has 9 heavy (non-hydrogen) atoms. The first kappa shape index (κ1) is 7.94. The minimum absolute atomic E-state index is 0.132. The van der Waals surface area contributed by atoms with Crippen LogP contribution in [0.15, 0.2) is 5.10 Å². The Morgan fingerprint density at radius 1 is 1.78 bits per heavy atom. The van der Waals surface area contributed by atoms with E-state index in [1.807, 2.05) is 13.8 Å². The highest BCUT2D eigenvalue weighted by atomic mass is 15.3. The fourth-order valence-electron chi connectivity index (χ4n) is 0.256. The maximum Gasteiger partial charge on any atom is 0.206 e. The lowest BCUT2D eigenvalue weighted by Gasteiger charge is -1.94. The summed E-state index contributed by atoms with van der Waals surface area (Å²) in [5, 5.41) is 10.3. The minimum atomic E-state index is -0.132. The number of nitrogens with two attached hydrogens (primary N) is 1. The summed E-state index contributed by atoms with van der Waals surface area (Å²) in [5.74, 6) is 0.253. The summed E-state index contributed by atoms with van der Waals surface area (Å²) in [6, 6.07) is 0. The second-order valence-electron chi connectivity index (χ2n) is 2.05. The van der Waals surface area contributed by atoms with Gasteiger partial charge in [-0.15, -0.1) is 0 Å². The summed E-state index contributed by atoms with van der Waals surface area (Å²) >= 11 is 0. The molecule has 4 heteroatoms. The maximum atomic E-state index is 6.69. The molecule has 0 aromatic rings. The topological polar surface area (TPSA) is 74.3 Å². The molecule has 0 radical (unpaired) electrons. The van der Waals surface area contributed by atoms with Gasteiger partial charge in [0.15, 0.2) is 0 Å².